The SMILES string of the molecule is Cc1ccc2c(c1)c1ccccc1n2-c1cnccc1-c1ccc(-c2nc(-c3ccccc3)nc(-c3ccc(-c4ccncc4-n4c5ccccc5c5cc(C)ccc54)c(-n4c5ccccc5c5cc(C)ccc54)c3)n2)cc1-n1c2ccccc2c2cc(C)ccc21. The van der Waals surface area contributed by atoms with Crippen molar-refractivity contribution in [2.45, 2.75) is 27.7 Å². The average Bonchev–Trinajstić information content (AvgIpc) is 1.54. The maximum atomic E-state index is 5.62. The quantitative estimate of drug-likeness (QED) is 0.144. The monoisotopic (exact) mass is 1180 g/mol. The number of fused-ring (bicyclic) bond motifs is 12. The van der Waals surface area contributed by atoms with Crippen LogP contribution in [-0.2, 0) is 0 Å². The van der Waals surface area contributed by atoms with E-state index in [0.717, 1.165) is 106 Å². The topological polar surface area (TPSA) is 84.2 Å². The lowest BCUT2D eigenvalue weighted by molar-refractivity contribution is 1.07. The van der Waals surface area contributed by atoms with E-state index in [9.17, 15) is 0 Å². The van der Waals surface area contributed by atoms with Crippen molar-refractivity contribution in [3.63, 3.8) is 0 Å². The summed E-state index contributed by atoms with van der Waals surface area (Å²) in [6, 6.07) is 89.9. The summed E-state index contributed by atoms with van der Waals surface area (Å²) in [6.07, 6.45) is 7.85. The van der Waals surface area contributed by atoms with Crippen LogP contribution in [0.5, 0.6) is 0 Å². The summed E-state index contributed by atoms with van der Waals surface area (Å²) < 4.78 is 9.61. The number of nitrogens with zero attached hydrogens (tertiary/aromatic N) is 9. The van der Waals surface area contributed by atoms with E-state index >= 15 is 0 Å². The molecule has 9 nitrogen and oxygen atoms in total. The molecule has 0 fully saturated rings. The number of aromatic nitrogens is 9. The third-order valence-electron chi connectivity index (χ3n) is 18.6. The van der Waals surface area contributed by atoms with Gasteiger partial charge < -0.3 is 18.3 Å². The van der Waals surface area contributed by atoms with Crippen LogP contribution in [0.3, 0.4) is 0 Å². The van der Waals surface area contributed by atoms with E-state index < -0.39 is 0 Å². The lowest BCUT2D eigenvalue weighted by atomic mass is 9.99. The van der Waals surface area contributed by atoms with Gasteiger partial charge in [0.1, 0.15) is 0 Å². The molecule has 0 aliphatic carbocycles. The molecule has 434 valence electrons. The lowest BCUT2D eigenvalue weighted by Gasteiger charge is -2.20. The Balaban J connectivity index is 0.891. The zero-order valence-electron chi connectivity index (χ0n) is 51.0. The summed E-state index contributed by atoms with van der Waals surface area (Å²) in [7, 11) is 0. The van der Waals surface area contributed by atoms with Crippen molar-refractivity contribution in [1.29, 1.82) is 0 Å². The fourth-order valence-electron chi connectivity index (χ4n) is 14.5. The number of aryl methyl sites for hydroxylation is 4. The highest BCUT2D eigenvalue weighted by molar-refractivity contribution is 6.14. The molecule has 0 bridgehead atoms. The summed E-state index contributed by atoms with van der Waals surface area (Å²) in [4.78, 5) is 26.3. The molecule has 0 atom stereocenters. The van der Waals surface area contributed by atoms with Crippen molar-refractivity contribution in [2.24, 2.45) is 0 Å². The molecule has 7 aromatic heterocycles. The van der Waals surface area contributed by atoms with Crippen LogP contribution in [0, 0.1) is 27.7 Å². The molecule has 11 aromatic carbocycles. The molecular formula is C83H57N9. The smallest absolute Gasteiger partial charge is 0.164 e. The fraction of sp³-hybridized carbons (Fsp3) is 0.0482. The molecule has 18 aromatic rings. The van der Waals surface area contributed by atoms with E-state index in [1.807, 2.05) is 43.0 Å². The second kappa shape index (κ2) is 20.8. The minimum absolute atomic E-state index is 0.543. The van der Waals surface area contributed by atoms with Crippen LogP contribution >= 0.6 is 0 Å². The Morgan fingerprint density at radius 3 is 0.880 bits per heavy atom. The summed E-state index contributed by atoms with van der Waals surface area (Å²) in [5.74, 6) is 1.65. The Kier molecular flexibility index (Phi) is 12.0. The van der Waals surface area contributed by atoms with Crippen molar-refractivity contribution >= 4 is 87.2 Å². The summed E-state index contributed by atoms with van der Waals surface area (Å²) in [5, 5.41) is 9.49. The van der Waals surface area contributed by atoms with Gasteiger partial charge in [-0.25, -0.2) is 15.0 Å². The Morgan fingerprint density at radius 1 is 0.228 bits per heavy atom. The third kappa shape index (κ3) is 8.29. The second-order valence-electron chi connectivity index (χ2n) is 24.4. The standard InChI is InChI=1S/C83H57N9/c1-50-26-34-73-65(42-50)57-18-8-12-22-69(57)89(73)77-46-55(30-32-61(77)63-38-40-84-48-79(63)91-71-24-14-10-20-59(71)67-44-52(3)28-36-75(67)91)82-86-81(54-16-6-5-7-17-54)87-83(88-82)56-31-33-62(78(47-56)90-70-23-13-9-19-58(70)66-43-51(2)27-35-74(66)90)64-39-41-85-49-80(64)92-72-25-15-11-21-60(72)68-45-53(4)29-37-76(68)92/h5-49H,1-4H3. The number of pyridine rings is 2. The van der Waals surface area contributed by atoms with Gasteiger partial charge in [0.05, 0.1) is 79.3 Å². The first-order chi connectivity index (χ1) is 45.3. The molecule has 18 rings (SSSR count). The molecule has 0 aliphatic heterocycles. The molecular weight excluding hydrogens is 1120 g/mol. The first kappa shape index (κ1) is 53.0. The molecule has 0 unspecified atom stereocenters. The van der Waals surface area contributed by atoms with E-state index in [1.54, 1.807) is 0 Å². The lowest BCUT2D eigenvalue weighted by Crippen LogP contribution is -2.05. The van der Waals surface area contributed by atoms with Crippen molar-refractivity contribution in [3.05, 3.63) is 296 Å². The van der Waals surface area contributed by atoms with Gasteiger partial charge in [-0.1, -0.05) is 174 Å². The highest BCUT2D eigenvalue weighted by atomic mass is 15.1. The third-order valence-corrected chi connectivity index (χ3v) is 18.6. The van der Waals surface area contributed by atoms with Crippen LogP contribution in [0.4, 0.5) is 0 Å². The molecule has 0 amide bonds. The van der Waals surface area contributed by atoms with Crippen LogP contribution in [0.2, 0.25) is 0 Å². The van der Waals surface area contributed by atoms with Crippen molar-refractivity contribution in [3.8, 4) is 79.2 Å². The van der Waals surface area contributed by atoms with Gasteiger partial charge in [-0.15, -0.1) is 0 Å². The van der Waals surface area contributed by atoms with E-state index in [4.69, 9.17) is 24.9 Å². The minimum Gasteiger partial charge on any atom is -0.309 e. The predicted molar refractivity (Wildman–Crippen MR) is 379 cm³/mol. The number of rotatable bonds is 9. The van der Waals surface area contributed by atoms with Gasteiger partial charge >= 0.3 is 0 Å². The Hall–Kier alpha value is -12.1. The fourth-order valence-corrected chi connectivity index (χ4v) is 14.5. The normalized spacial score (nSPS) is 11.9. The Labute approximate surface area is 530 Å². The summed E-state index contributed by atoms with van der Waals surface area (Å²) in [5.41, 5.74) is 24.2. The molecule has 9 heteroatoms. The van der Waals surface area contributed by atoms with Gasteiger partial charge in [0, 0.05) is 94.4 Å². The molecule has 0 aliphatic rings. The van der Waals surface area contributed by atoms with Gasteiger partial charge in [0.15, 0.2) is 17.5 Å². The number of benzene rings is 11. The van der Waals surface area contributed by atoms with E-state index in [-0.39, 0.29) is 0 Å². The minimum atomic E-state index is 0.543. The molecule has 0 N–H and O–H groups in total. The van der Waals surface area contributed by atoms with E-state index in [0.29, 0.717) is 17.5 Å². The van der Waals surface area contributed by atoms with Crippen LogP contribution in [0.25, 0.3) is 166 Å². The Bertz CT molecular complexity index is 5730. The molecule has 0 saturated heterocycles. The van der Waals surface area contributed by atoms with Crippen LogP contribution in [-0.4, -0.2) is 43.2 Å². The first-order valence-electron chi connectivity index (χ1n) is 31.3. The first-order valence-corrected chi connectivity index (χ1v) is 31.3. The average molecular weight is 1180 g/mol. The van der Waals surface area contributed by atoms with E-state index in [2.05, 4.69) is 276 Å². The van der Waals surface area contributed by atoms with E-state index in [1.165, 1.54) is 65.3 Å². The zero-order valence-corrected chi connectivity index (χ0v) is 51.0. The Morgan fingerprint density at radius 2 is 0.522 bits per heavy atom. The number of hydrogen-bond acceptors (Lipinski definition) is 5. The van der Waals surface area contributed by atoms with Gasteiger partial charge in [0.25, 0.3) is 0 Å². The van der Waals surface area contributed by atoms with Gasteiger partial charge in [-0.05, 0) is 125 Å². The van der Waals surface area contributed by atoms with Gasteiger partial charge in [0.2, 0.25) is 0 Å². The largest absolute Gasteiger partial charge is 0.309 e. The second-order valence-corrected chi connectivity index (χ2v) is 24.4. The van der Waals surface area contributed by atoms with Crippen LogP contribution < -0.4 is 0 Å². The predicted octanol–water partition coefficient (Wildman–Crippen LogP) is 20.6. The molecule has 92 heavy (non-hydrogen) atoms. The van der Waals surface area contributed by atoms with Gasteiger partial charge in [-0.2, -0.15) is 0 Å². The zero-order chi connectivity index (χ0) is 61.3. The molecule has 0 spiro atoms. The molecule has 0 saturated carbocycles. The summed E-state index contributed by atoms with van der Waals surface area (Å²) >= 11 is 0. The highest BCUT2D eigenvalue weighted by Gasteiger charge is 2.26. The number of hydrogen-bond donors (Lipinski definition) is 0. The maximum absolute atomic E-state index is 5.62. The summed E-state index contributed by atoms with van der Waals surface area (Å²) in [6.45, 7) is 8.66. The maximum Gasteiger partial charge on any atom is 0.164 e. The van der Waals surface area contributed by atoms with Gasteiger partial charge in [-0.3, -0.25) is 9.97 Å². The molecule has 7 heterocycles. The van der Waals surface area contributed by atoms with Crippen molar-refractivity contribution in [1.82, 2.24) is 43.2 Å². The van der Waals surface area contributed by atoms with Crippen molar-refractivity contribution < 1.29 is 0 Å². The van der Waals surface area contributed by atoms with Crippen LogP contribution in [0.1, 0.15) is 22.3 Å². The highest BCUT2D eigenvalue weighted by Crippen LogP contribution is 2.45. The molecule has 0 radical (unpaired) electrons. The van der Waals surface area contributed by atoms with Crippen molar-refractivity contribution in [2.75, 3.05) is 0 Å². The van der Waals surface area contributed by atoms with Crippen LogP contribution in [0.15, 0.2) is 274 Å². The number of para-hydroxylation sites is 4.